The van der Waals surface area contributed by atoms with E-state index in [1.165, 1.54) is 16.0 Å². The Balaban J connectivity index is 1.29. The van der Waals surface area contributed by atoms with Gasteiger partial charge in [0.25, 0.3) is 5.91 Å². The molecule has 0 radical (unpaired) electrons. The third-order valence-electron chi connectivity index (χ3n) is 6.82. The number of hydrogen-bond donors (Lipinski definition) is 1. The van der Waals surface area contributed by atoms with Gasteiger partial charge < -0.3 is 10.1 Å². The molecule has 0 saturated carbocycles. The van der Waals surface area contributed by atoms with Gasteiger partial charge in [-0.05, 0) is 61.2 Å². The van der Waals surface area contributed by atoms with Crippen molar-refractivity contribution in [1.82, 2.24) is 10.2 Å². The standard InChI is InChI=1S/C24H24N4O3/c1-16(19-5-4-18-8-13-31-21(18)14-19)27-11-9-24(10-12-27)22(29)28(23(30)26-24)20-6-2-17(15-25)3-7-20/h2-7,14,16H,8-13H2,1H3,(H,26,30)/t16-/m1/s1. The number of benzene rings is 2. The number of nitrogens with one attached hydrogen (secondary N) is 1. The van der Waals surface area contributed by atoms with Crippen LogP contribution in [-0.4, -0.2) is 42.1 Å². The predicted octanol–water partition coefficient (Wildman–Crippen LogP) is 3.15. The molecule has 7 nitrogen and oxygen atoms in total. The lowest BCUT2D eigenvalue weighted by Crippen LogP contribution is -2.55. The van der Waals surface area contributed by atoms with E-state index in [1.54, 1.807) is 24.3 Å². The van der Waals surface area contributed by atoms with E-state index in [0.717, 1.165) is 18.8 Å². The minimum Gasteiger partial charge on any atom is -0.493 e. The van der Waals surface area contributed by atoms with Crippen LogP contribution in [0.1, 0.15) is 42.5 Å². The maximum Gasteiger partial charge on any atom is 0.329 e. The second-order valence-electron chi connectivity index (χ2n) is 8.49. The van der Waals surface area contributed by atoms with Gasteiger partial charge in [-0.15, -0.1) is 0 Å². The van der Waals surface area contributed by atoms with Gasteiger partial charge >= 0.3 is 6.03 Å². The number of urea groups is 1. The SMILES string of the molecule is C[C@H](c1ccc2c(c1)OCC2)N1CCC2(CC1)NC(=O)N(c1ccc(C#N)cc1)C2=O. The van der Waals surface area contributed by atoms with Gasteiger partial charge in [0.15, 0.2) is 0 Å². The number of nitriles is 1. The van der Waals surface area contributed by atoms with Gasteiger partial charge in [0.1, 0.15) is 11.3 Å². The first-order valence-electron chi connectivity index (χ1n) is 10.7. The van der Waals surface area contributed by atoms with Crippen molar-refractivity contribution in [2.45, 2.75) is 37.8 Å². The van der Waals surface area contributed by atoms with Crippen molar-refractivity contribution in [3.05, 3.63) is 59.2 Å². The van der Waals surface area contributed by atoms with E-state index in [2.05, 4.69) is 35.3 Å². The molecule has 2 aromatic carbocycles. The lowest BCUT2D eigenvalue weighted by Gasteiger charge is -2.40. The largest absolute Gasteiger partial charge is 0.493 e. The molecule has 2 aromatic rings. The summed E-state index contributed by atoms with van der Waals surface area (Å²) in [6.45, 7) is 4.35. The monoisotopic (exact) mass is 416 g/mol. The van der Waals surface area contributed by atoms with Gasteiger partial charge in [0.05, 0.1) is 23.9 Å². The highest BCUT2D eigenvalue weighted by Gasteiger charge is 2.53. The molecule has 3 amide bonds. The highest BCUT2D eigenvalue weighted by Crippen LogP contribution is 2.36. The second kappa shape index (κ2) is 7.40. The van der Waals surface area contributed by atoms with Crippen LogP contribution in [0.15, 0.2) is 42.5 Å². The Hall–Kier alpha value is -3.37. The number of likely N-dealkylation sites (tertiary alicyclic amines) is 1. The van der Waals surface area contributed by atoms with Crippen LogP contribution in [0.3, 0.4) is 0 Å². The summed E-state index contributed by atoms with van der Waals surface area (Å²) in [5.74, 6) is 0.773. The number of rotatable bonds is 3. The molecule has 1 spiro atoms. The summed E-state index contributed by atoms with van der Waals surface area (Å²) < 4.78 is 5.71. The van der Waals surface area contributed by atoms with Crippen molar-refractivity contribution in [2.24, 2.45) is 0 Å². The summed E-state index contributed by atoms with van der Waals surface area (Å²) >= 11 is 0. The third-order valence-corrected chi connectivity index (χ3v) is 6.82. The van der Waals surface area contributed by atoms with Crippen molar-refractivity contribution >= 4 is 17.6 Å². The van der Waals surface area contributed by atoms with Crippen molar-refractivity contribution in [3.63, 3.8) is 0 Å². The number of anilines is 1. The molecule has 1 N–H and O–H groups in total. The highest BCUT2D eigenvalue weighted by atomic mass is 16.5. The summed E-state index contributed by atoms with van der Waals surface area (Å²) in [5.41, 5.74) is 2.59. The summed E-state index contributed by atoms with van der Waals surface area (Å²) in [5, 5.41) is 11.9. The maximum absolute atomic E-state index is 13.3. The molecular weight excluding hydrogens is 392 g/mol. The minimum absolute atomic E-state index is 0.202. The summed E-state index contributed by atoms with van der Waals surface area (Å²) in [6.07, 6.45) is 2.10. The van der Waals surface area contributed by atoms with Gasteiger partial charge in [-0.1, -0.05) is 12.1 Å². The van der Waals surface area contributed by atoms with E-state index in [4.69, 9.17) is 10.00 Å². The van der Waals surface area contributed by atoms with Gasteiger partial charge in [0, 0.05) is 25.6 Å². The third kappa shape index (κ3) is 3.24. The topological polar surface area (TPSA) is 85.7 Å². The molecular formula is C24H24N4O3. The van der Waals surface area contributed by atoms with Crippen LogP contribution in [0.25, 0.3) is 0 Å². The number of ether oxygens (including phenoxy) is 1. The van der Waals surface area contributed by atoms with Crippen molar-refractivity contribution in [2.75, 3.05) is 24.6 Å². The fourth-order valence-electron chi connectivity index (χ4n) is 4.83. The first-order chi connectivity index (χ1) is 15.0. The number of imide groups is 1. The van der Waals surface area contributed by atoms with E-state index in [-0.39, 0.29) is 11.9 Å². The lowest BCUT2D eigenvalue weighted by molar-refractivity contribution is -0.124. The molecule has 1 atom stereocenters. The molecule has 0 unspecified atom stereocenters. The van der Waals surface area contributed by atoms with Gasteiger partial charge in [-0.2, -0.15) is 5.26 Å². The molecule has 158 valence electrons. The lowest BCUT2D eigenvalue weighted by atomic mass is 9.86. The number of nitrogens with zero attached hydrogens (tertiary/aromatic N) is 3. The van der Waals surface area contributed by atoms with Gasteiger partial charge in [-0.3, -0.25) is 9.69 Å². The number of carbonyl (C=O) groups excluding carboxylic acids is 2. The molecule has 0 aromatic heterocycles. The first kappa shape index (κ1) is 19.6. The van der Waals surface area contributed by atoms with Crippen LogP contribution in [-0.2, 0) is 11.2 Å². The molecule has 3 aliphatic rings. The quantitative estimate of drug-likeness (QED) is 0.777. The smallest absolute Gasteiger partial charge is 0.329 e. The fraction of sp³-hybridized carbons (Fsp3) is 0.375. The molecule has 5 rings (SSSR count). The minimum atomic E-state index is -0.859. The molecule has 0 aliphatic carbocycles. The second-order valence-corrected chi connectivity index (χ2v) is 8.49. The summed E-state index contributed by atoms with van der Waals surface area (Å²) in [6, 6.07) is 14.8. The van der Waals surface area contributed by atoms with Gasteiger partial charge in [0.2, 0.25) is 0 Å². The highest BCUT2D eigenvalue weighted by molar-refractivity contribution is 6.23. The maximum atomic E-state index is 13.3. The Morgan fingerprint density at radius 2 is 1.87 bits per heavy atom. The normalized spacial score (nSPS) is 20.8. The van der Waals surface area contributed by atoms with Crippen LogP contribution in [0, 0.1) is 11.3 Å². The van der Waals surface area contributed by atoms with E-state index in [1.807, 2.05) is 6.07 Å². The van der Waals surface area contributed by atoms with Crippen LogP contribution >= 0.6 is 0 Å². The van der Waals surface area contributed by atoms with Crippen LogP contribution < -0.4 is 15.0 Å². The number of hydrogen-bond acceptors (Lipinski definition) is 5. The van der Waals surface area contributed by atoms with E-state index < -0.39 is 11.6 Å². The van der Waals surface area contributed by atoms with E-state index >= 15 is 0 Å². The molecule has 7 heteroatoms. The molecule has 0 bridgehead atoms. The summed E-state index contributed by atoms with van der Waals surface area (Å²) in [4.78, 5) is 29.5. The van der Waals surface area contributed by atoms with E-state index in [9.17, 15) is 9.59 Å². The zero-order valence-corrected chi connectivity index (χ0v) is 17.4. The fourth-order valence-corrected chi connectivity index (χ4v) is 4.83. The zero-order valence-electron chi connectivity index (χ0n) is 17.4. The molecule has 3 heterocycles. The van der Waals surface area contributed by atoms with Crippen LogP contribution in [0.2, 0.25) is 0 Å². The zero-order chi connectivity index (χ0) is 21.6. The first-order valence-corrected chi connectivity index (χ1v) is 10.7. The Bertz CT molecular complexity index is 1080. The number of piperidine rings is 1. The van der Waals surface area contributed by atoms with Crippen molar-refractivity contribution in [1.29, 1.82) is 5.26 Å². The van der Waals surface area contributed by atoms with Crippen molar-refractivity contribution < 1.29 is 14.3 Å². The number of fused-ring (bicyclic) bond motifs is 1. The van der Waals surface area contributed by atoms with Gasteiger partial charge in [-0.25, -0.2) is 9.69 Å². The Kier molecular flexibility index (Phi) is 4.67. The molecule has 2 fully saturated rings. The molecule has 3 aliphatic heterocycles. The van der Waals surface area contributed by atoms with Crippen molar-refractivity contribution in [3.8, 4) is 11.8 Å². The average Bonchev–Trinajstić information content (AvgIpc) is 3.36. The molecule has 2 saturated heterocycles. The predicted molar refractivity (Wildman–Crippen MR) is 115 cm³/mol. The average molecular weight is 416 g/mol. The summed E-state index contributed by atoms with van der Waals surface area (Å²) in [7, 11) is 0. The Labute approximate surface area is 181 Å². The van der Waals surface area contributed by atoms with E-state index in [0.29, 0.717) is 37.2 Å². The van der Waals surface area contributed by atoms with Crippen LogP contribution in [0.4, 0.5) is 10.5 Å². The Morgan fingerprint density at radius 3 is 2.58 bits per heavy atom. The van der Waals surface area contributed by atoms with Crippen LogP contribution in [0.5, 0.6) is 5.75 Å². The Morgan fingerprint density at radius 1 is 1.13 bits per heavy atom. The number of amides is 3. The number of carbonyl (C=O) groups is 2. The molecule has 31 heavy (non-hydrogen) atoms.